The van der Waals surface area contributed by atoms with Gasteiger partial charge in [0.25, 0.3) is 0 Å². The van der Waals surface area contributed by atoms with Gasteiger partial charge in [-0.1, -0.05) is 0 Å². The highest BCUT2D eigenvalue weighted by molar-refractivity contribution is 5.64. The molecule has 96 valence electrons. The number of nitrogens with two attached hydrogens (primary N) is 1. The third kappa shape index (κ3) is 2.57. The average Bonchev–Trinajstić information content (AvgIpc) is 2.50. The van der Waals surface area contributed by atoms with E-state index in [0.717, 1.165) is 31.7 Å². The van der Waals surface area contributed by atoms with Gasteiger partial charge in [0.1, 0.15) is 6.07 Å². The summed E-state index contributed by atoms with van der Waals surface area (Å²) in [6.45, 7) is 5.46. The molecule has 0 aromatic heterocycles. The van der Waals surface area contributed by atoms with E-state index in [0.29, 0.717) is 17.3 Å². The monoisotopic (exact) mass is 244 g/mol. The van der Waals surface area contributed by atoms with E-state index in [1.807, 2.05) is 18.2 Å². The van der Waals surface area contributed by atoms with E-state index < -0.39 is 0 Å². The van der Waals surface area contributed by atoms with Crippen LogP contribution in [0.5, 0.6) is 0 Å². The van der Waals surface area contributed by atoms with Gasteiger partial charge in [-0.3, -0.25) is 0 Å². The lowest BCUT2D eigenvalue weighted by molar-refractivity contribution is 0.337. The molecule has 0 spiro atoms. The Balaban J connectivity index is 2.25. The van der Waals surface area contributed by atoms with Crippen molar-refractivity contribution in [3.63, 3.8) is 0 Å². The largest absolute Gasteiger partial charge is 0.398 e. The van der Waals surface area contributed by atoms with Crippen LogP contribution in [0, 0.1) is 11.3 Å². The average molecular weight is 244 g/mol. The van der Waals surface area contributed by atoms with Crippen molar-refractivity contribution in [2.24, 2.45) is 0 Å². The van der Waals surface area contributed by atoms with Crippen molar-refractivity contribution in [1.82, 2.24) is 4.90 Å². The van der Waals surface area contributed by atoms with Crippen molar-refractivity contribution in [3.8, 4) is 6.07 Å². The molecule has 1 heterocycles. The second-order valence-corrected chi connectivity index (χ2v) is 5.04. The van der Waals surface area contributed by atoms with Crippen LogP contribution < -0.4 is 10.6 Å². The normalized spacial score (nSPS) is 21.4. The zero-order valence-corrected chi connectivity index (χ0v) is 11.1. The fraction of sp³-hybridized carbons (Fsp3) is 0.500. The number of hydrogen-bond donors (Lipinski definition) is 1. The Morgan fingerprint density at radius 1 is 1.39 bits per heavy atom. The number of benzene rings is 1. The van der Waals surface area contributed by atoms with Crippen molar-refractivity contribution in [2.75, 3.05) is 37.3 Å². The lowest BCUT2D eigenvalue weighted by atomic mass is 10.1. The Morgan fingerprint density at radius 3 is 2.83 bits per heavy atom. The van der Waals surface area contributed by atoms with E-state index in [4.69, 9.17) is 11.0 Å². The fourth-order valence-electron chi connectivity index (χ4n) is 2.59. The molecule has 1 aliphatic heterocycles. The van der Waals surface area contributed by atoms with Gasteiger partial charge in [-0.05, 0) is 45.1 Å². The predicted octanol–water partition coefficient (Wildman–Crippen LogP) is 1.67. The molecule has 0 bridgehead atoms. The lowest BCUT2D eigenvalue weighted by Crippen LogP contribution is -2.37. The molecule has 1 aromatic rings. The molecule has 0 aliphatic carbocycles. The van der Waals surface area contributed by atoms with Gasteiger partial charge < -0.3 is 15.5 Å². The maximum absolute atomic E-state index is 8.90. The van der Waals surface area contributed by atoms with E-state index >= 15 is 0 Å². The Kier molecular flexibility index (Phi) is 3.73. The number of anilines is 2. The van der Waals surface area contributed by atoms with Crippen LogP contribution >= 0.6 is 0 Å². The minimum Gasteiger partial charge on any atom is -0.398 e. The lowest BCUT2D eigenvalue weighted by Gasteiger charge is -2.30. The molecule has 4 heteroatoms. The Labute approximate surface area is 109 Å². The first-order chi connectivity index (χ1) is 8.61. The van der Waals surface area contributed by atoms with Crippen molar-refractivity contribution < 1.29 is 0 Å². The molecular weight excluding hydrogens is 224 g/mol. The van der Waals surface area contributed by atoms with Gasteiger partial charge in [0.2, 0.25) is 0 Å². The highest BCUT2D eigenvalue weighted by Gasteiger charge is 2.20. The molecule has 1 unspecified atom stereocenters. The molecule has 1 saturated heterocycles. The molecule has 1 atom stereocenters. The number of nitriles is 1. The summed E-state index contributed by atoms with van der Waals surface area (Å²) in [6, 6.07) is 8.29. The Hall–Kier alpha value is -1.73. The minimum absolute atomic E-state index is 0.463. The number of nitrogens with zero attached hydrogens (tertiary/aromatic N) is 3. The van der Waals surface area contributed by atoms with Gasteiger partial charge in [-0.2, -0.15) is 5.26 Å². The quantitative estimate of drug-likeness (QED) is 0.763. The van der Waals surface area contributed by atoms with Gasteiger partial charge in [0, 0.05) is 24.8 Å². The van der Waals surface area contributed by atoms with Crippen LogP contribution in [0.2, 0.25) is 0 Å². The van der Waals surface area contributed by atoms with Crippen molar-refractivity contribution in [3.05, 3.63) is 23.8 Å². The second-order valence-electron chi connectivity index (χ2n) is 5.04. The van der Waals surface area contributed by atoms with Gasteiger partial charge in [0.15, 0.2) is 0 Å². The van der Waals surface area contributed by atoms with E-state index in [1.54, 1.807) is 0 Å². The second kappa shape index (κ2) is 5.28. The maximum atomic E-state index is 8.90. The highest BCUT2D eigenvalue weighted by Crippen LogP contribution is 2.24. The minimum atomic E-state index is 0.463. The molecule has 2 rings (SSSR count). The first-order valence-electron chi connectivity index (χ1n) is 6.36. The number of rotatable bonds is 1. The van der Waals surface area contributed by atoms with E-state index in [9.17, 15) is 0 Å². The number of nitrogen functional groups attached to an aromatic ring is 1. The molecule has 4 nitrogen and oxygen atoms in total. The summed E-state index contributed by atoms with van der Waals surface area (Å²) in [5.74, 6) is 0. The summed E-state index contributed by atoms with van der Waals surface area (Å²) in [5.41, 5.74) is 8.13. The third-order valence-electron chi connectivity index (χ3n) is 3.53. The molecule has 0 saturated carbocycles. The van der Waals surface area contributed by atoms with Gasteiger partial charge in [-0.15, -0.1) is 0 Å². The predicted molar refractivity (Wildman–Crippen MR) is 74.5 cm³/mol. The third-order valence-corrected chi connectivity index (χ3v) is 3.53. The van der Waals surface area contributed by atoms with Crippen LogP contribution in [-0.2, 0) is 0 Å². The van der Waals surface area contributed by atoms with Crippen LogP contribution in [0.15, 0.2) is 18.2 Å². The first-order valence-corrected chi connectivity index (χ1v) is 6.36. The molecule has 1 fully saturated rings. The number of hydrogen-bond acceptors (Lipinski definition) is 4. The van der Waals surface area contributed by atoms with E-state index in [1.165, 1.54) is 0 Å². The van der Waals surface area contributed by atoms with Crippen molar-refractivity contribution in [1.29, 1.82) is 5.26 Å². The Morgan fingerprint density at radius 2 is 2.17 bits per heavy atom. The van der Waals surface area contributed by atoms with Gasteiger partial charge >= 0.3 is 0 Å². The molecule has 1 aromatic carbocycles. The first kappa shape index (κ1) is 12.7. The molecule has 1 aliphatic rings. The molecule has 0 amide bonds. The zero-order valence-electron chi connectivity index (χ0n) is 11.1. The molecular formula is C14H20N4. The van der Waals surface area contributed by atoms with Crippen LogP contribution in [-0.4, -0.2) is 37.6 Å². The molecule has 18 heavy (non-hydrogen) atoms. The summed E-state index contributed by atoms with van der Waals surface area (Å²) in [4.78, 5) is 4.73. The topological polar surface area (TPSA) is 56.3 Å². The van der Waals surface area contributed by atoms with Crippen LogP contribution in [0.4, 0.5) is 11.4 Å². The Bertz CT molecular complexity index is 463. The van der Waals surface area contributed by atoms with Crippen LogP contribution in [0.1, 0.15) is 18.9 Å². The summed E-state index contributed by atoms with van der Waals surface area (Å²) < 4.78 is 0. The summed E-state index contributed by atoms with van der Waals surface area (Å²) >= 11 is 0. The highest BCUT2D eigenvalue weighted by atomic mass is 15.2. The van der Waals surface area contributed by atoms with Crippen molar-refractivity contribution >= 4 is 11.4 Å². The maximum Gasteiger partial charge on any atom is 0.101 e. The SMILES string of the molecule is CC1CN(C)CCCN1c1ccc(C#N)c(N)c1. The van der Waals surface area contributed by atoms with E-state index in [2.05, 4.69) is 29.8 Å². The van der Waals surface area contributed by atoms with E-state index in [-0.39, 0.29) is 0 Å². The fourth-order valence-corrected chi connectivity index (χ4v) is 2.59. The van der Waals surface area contributed by atoms with Crippen LogP contribution in [0.3, 0.4) is 0 Å². The van der Waals surface area contributed by atoms with Crippen molar-refractivity contribution in [2.45, 2.75) is 19.4 Å². The standard InChI is InChI=1S/C14H20N4/c1-11-10-17(2)6-3-7-18(11)13-5-4-12(9-15)14(16)8-13/h4-5,8,11H,3,6-7,10,16H2,1-2H3. The molecule has 2 N–H and O–H groups in total. The molecule has 0 radical (unpaired) electrons. The van der Waals surface area contributed by atoms with Gasteiger partial charge in [0.05, 0.1) is 11.3 Å². The zero-order chi connectivity index (χ0) is 13.1. The summed E-state index contributed by atoms with van der Waals surface area (Å²) in [6.07, 6.45) is 1.15. The number of likely N-dealkylation sites (N-methyl/N-ethyl adjacent to an activating group) is 1. The van der Waals surface area contributed by atoms with Crippen LogP contribution in [0.25, 0.3) is 0 Å². The summed E-state index contributed by atoms with van der Waals surface area (Å²) in [7, 11) is 2.16. The van der Waals surface area contributed by atoms with Gasteiger partial charge in [-0.25, -0.2) is 0 Å². The smallest absolute Gasteiger partial charge is 0.101 e. The summed E-state index contributed by atoms with van der Waals surface area (Å²) in [5, 5.41) is 8.90.